The highest BCUT2D eigenvalue weighted by Gasteiger charge is 2.16. The number of ether oxygens (including phenoxy) is 1. The first-order valence-electron chi connectivity index (χ1n) is 4.54. The Balaban J connectivity index is 0.00000256. The van der Waals surface area contributed by atoms with Gasteiger partial charge in [0.2, 0.25) is 10.0 Å². The van der Waals surface area contributed by atoms with Crippen LogP contribution in [-0.4, -0.2) is 28.6 Å². The molecule has 0 aliphatic heterocycles. The molecule has 17 heavy (non-hydrogen) atoms. The van der Waals surface area contributed by atoms with Crippen LogP contribution in [0.25, 0.3) is 0 Å². The van der Waals surface area contributed by atoms with Crippen LogP contribution in [0.3, 0.4) is 0 Å². The molecule has 1 aromatic carbocycles. The Kier molecular flexibility index (Phi) is 7.03. The molecule has 0 bridgehead atoms. The molecule has 0 aromatic heterocycles. The molecule has 98 valence electrons. The van der Waals surface area contributed by atoms with Gasteiger partial charge in [0, 0.05) is 17.6 Å². The van der Waals surface area contributed by atoms with Crippen LogP contribution in [0, 0.1) is 0 Å². The molecule has 1 rings (SSSR count). The Bertz CT molecular complexity index is 467. The fourth-order valence-corrected chi connectivity index (χ4v) is 3.20. The van der Waals surface area contributed by atoms with Gasteiger partial charge in [-0.1, -0.05) is 0 Å². The normalized spacial score (nSPS) is 10.8. The van der Waals surface area contributed by atoms with Crippen molar-refractivity contribution in [1.82, 2.24) is 4.72 Å². The maximum atomic E-state index is 11.8. The minimum atomic E-state index is -3.51. The second-order valence-electron chi connectivity index (χ2n) is 2.98. The molecule has 0 aliphatic carbocycles. The number of nitrogens with one attached hydrogen (secondary N) is 1. The van der Waals surface area contributed by atoms with Gasteiger partial charge in [-0.2, -0.15) is 0 Å². The molecule has 0 spiro atoms. The van der Waals surface area contributed by atoms with Crippen molar-refractivity contribution < 1.29 is 13.2 Å². The van der Waals surface area contributed by atoms with Crippen molar-refractivity contribution in [1.29, 1.82) is 0 Å². The largest absolute Gasteiger partial charge is 0.497 e. The highest BCUT2D eigenvalue weighted by Crippen LogP contribution is 2.26. The summed E-state index contributed by atoms with van der Waals surface area (Å²) >= 11 is 3.19. The number of halogens is 2. The summed E-state index contributed by atoms with van der Waals surface area (Å²) in [6.07, 6.45) is 0. The van der Waals surface area contributed by atoms with E-state index < -0.39 is 10.0 Å². The van der Waals surface area contributed by atoms with Gasteiger partial charge in [-0.3, -0.25) is 0 Å². The lowest BCUT2D eigenvalue weighted by molar-refractivity contribution is 0.414. The Morgan fingerprint density at radius 1 is 1.47 bits per heavy atom. The van der Waals surface area contributed by atoms with Crippen molar-refractivity contribution in [3.8, 4) is 5.75 Å². The van der Waals surface area contributed by atoms with E-state index in [1.165, 1.54) is 13.2 Å². The van der Waals surface area contributed by atoms with Gasteiger partial charge in [-0.15, -0.1) is 12.4 Å². The molecule has 1 aromatic rings. The van der Waals surface area contributed by atoms with Crippen LogP contribution in [-0.2, 0) is 10.0 Å². The summed E-state index contributed by atoms with van der Waals surface area (Å²) in [6.45, 7) is 0.466. The standard InChI is InChI=1S/C9H13BrN2O3S.ClH/c1-15-7-2-3-9(8(10)6-7)16(13,14)12-5-4-11;/h2-3,6,12H,4-5,11H2,1H3;1H. The van der Waals surface area contributed by atoms with Gasteiger partial charge in [-0.05, 0) is 34.1 Å². The van der Waals surface area contributed by atoms with E-state index in [1.54, 1.807) is 12.1 Å². The van der Waals surface area contributed by atoms with Gasteiger partial charge < -0.3 is 10.5 Å². The number of rotatable bonds is 5. The van der Waals surface area contributed by atoms with Gasteiger partial charge in [-0.25, -0.2) is 13.1 Å². The minimum Gasteiger partial charge on any atom is -0.497 e. The minimum absolute atomic E-state index is 0. The average Bonchev–Trinajstić information content (AvgIpc) is 2.25. The summed E-state index contributed by atoms with van der Waals surface area (Å²) in [4.78, 5) is 0.168. The Hall–Kier alpha value is -0.340. The molecule has 0 atom stereocenters. The first-order valence-corrected chi connectivity index (χ1v) is 6.82. The maximum absolute atomic E-state index is 11.8. The molecule has 0 saturated heterocycles. The van der Waals surface area contributed by atoms with Crippen LogP contribution >= 0.6 is 28.3 Å². The number of nitrogens with two attached hydrogens (primary N) is 1. The average molecular weight is 346 g/mol. The van der Waals surface area contributed by atoms with Gasteiger partial charge in [0.15, 0.2) is 0 Å². The summed E-state index contributed by atoms with van der Waals surface area (Å²) in [6, 6.07) is 4.65. The molecule has 0 radical (unpaired) electrons. The molecule has 0 unspecified atom stereocenters. The second-order valence-corrected chi connectivity index (χ2v) is 5.57. The zero-order valence-electron chi connectivity index (χ0n) is 9.14. The van der Waals surface area contributed by atoms with Crippen molar-refractivity contribution >= 4 is 38.4 Å². The van der Waals surface area contributed by atoms with E-state index in [4.69, 9.17) is 10.5 Å². The third-order valence-electron chi connectivity index (χ3n) is 1.86. The van der Waals surface area contributed by atoms with E-state index in [2.05, 4.69) is 20.7 Å². The SMILES string of the molecule is COc1ccc(S(=O)(=O)NCCN)c(Br)c1.Cl. The third kappa shape index (κ3) is 4.44. The molecular weight excluding hydrogens is 332 g/mol. The van der Waals surface area contributed by atoms with Crippen LogP contribution in [0.15, 0.2) is 27.6 Å². The maximum Gasteiger partial charge on any atom is 0.241 e. The quantitative estimate of drug-likeness (QED) is 0.838. The fraction of sp³-hybridized carbons (Fsp3) is 0.333. The van der Waals surface area contributed by atoms with E-state index in [9.17, 15) is 8.42 Å². The molecule has 0 fully saturated rings. The van der Waals surface area contributed by atoms with Gasteiger partial charge in [0.1, 0.15) is 5.75 Å². The highest BCUT2D eigenvalue weighted by molar-refractivity contribution is 9.10. The zero-order chi connectivity index (χ0) is 12.2. The Morgan fingerprint density at radius 2 is 2.12 bits per heavy atom. The summed E-state index contributed by atoms with van der Waals surface area (Å²) in [5.74, 6) is 0.588. The second kappa shape index (κ2) is 7.17. The monoisotopic (exact) mass is 344 g/mol. The smallest absolute Gasteiger partial charge is 0.241 e. The number of sulfonamides is 1. The highest BCUT2D eigenvalue weighted by atomic mass is 79.9. The topological polar surface area (TPSA) is 81.4 Å². The van der Waals surface area contributed by atoms with Gasteiger partial charge in [0.05, 0.1) is 12.0 Å². The number of hydrogen-bond acceptors (Lipinski definition) is 4. The van der Waals surface area contributed by atoms with E-state index in [1.807, 2.05) is 0 Å². The molecular formula is C9H14BrClN2O3S. The number of benzene rings is 1. The van der Waals surface area contributed by atoms with E-state index in [-0.39, 0.29) is 30.4 Å². The van der Waals surface area contributed by atoms with Crippen LogP contribution in [0.4, 0.5) is 0 Å². The number of hydrogen-bond donors (Lipinski definition) is 2. The van der Waals surface area contributed by atoms with Crippen molar-refractivity contribution in [2.75, 3.05) is 20.2 Å². The Labute approximate surface area is 115 Å². The summed E-state index contributed by atoms with van der Waals surface area (Å²) in [7, 11) is -1.99. The van der Waals surface area contributed by atoms with E-state index >= 15 is 0 Å². The lowest BCUT2D eigenvalue weighted by atomic mass is 10.3. The summed E-state index contributed by atoms with van der Waals surface area (Å²) in [5.41, 5.74) is 5.24. The van der Waals surface area contributed by atoms with Gasteiger partial charge in [0.25, 0.3) is 0 Å². The first kappa shape index (κ1) is 16.7. The van der Waals surface area contributed by atoms with Crippen molar-refractivity contribution in [3.05, 3.63) is 22.7 Å². The first-order chi connectivity index (χ1) is 7.51. The molecule has 8 heteroatoms. The van der Waals surface area contributed by atoms with Crippen molar-refractivity contribution in [3.63, 3.8) is 0 Å². The molecule has 0 amide bonds. The molecule has 0 heterocycles. The van der Waals surface area contributed by atoms with E-state index in [0.29, 0.717) is 10.2 Å². The summed E-state index contributed by atoms with van der Waals surface area (Å²) < 4.78 is 31.4. The molecule has 5 nitrogen and oxygen atoms in total. The van der Waals surface area contributed by atoms with Crippen molar-refractivity contribution in [2.45, 2.75) is 4.90 Å². The lowest BCUT2D eigenvalue weighted by Gasteiger charge is -2.08. The van der Waals surface area contributed by atoms with Gasteiger partial charge >= 0.3 is 0 Å². The molecule has 0 saturated carbocycles. The van der Waals surface area contributed by atoms with Crippen LogP contribution in [0.5, 0.6) is 5.75 Å². The van der Waals surface area contributed by atoms with Crippen molar-refractivity contribution in [2.24, 2.45) is 5.73 Å². The van der Waals surface area contributed by atoms with Crippen LogP contribution in [0.2, 0.25) is 0 Å². The zero-order valence-corrected chi connectivity index (χ0v) is 12.4. The lowest BCUT2D eigenvalue weighted by Crippen LogP contribution is -2.29. The Morgan fingerprint density at radius 3 is 2.59 bits per heavy atom. The predicted molar refractivity (Wildman–Crippen MR) is 72.2 cm³/mol. The van der Waals surface area contributed by atoms with Crippen LogP contribution < -0.4 is 15.2 Å². The molecule has 3 N–H and O–H groups in total. The predicted octanol–water partition coefficient (Wildman–Crippen LogP) is 1.12. The number of methoxy groups -OCH3 is 1. The van der Waals surface area contributed by atoms with E-state index in [0.717, 1.165) is 0 Å². The summed E-state index contributed by atoms with van der Waals surface area (Å²) in [5, 5.41) is 0. The van der Waals surface area contributed by atoms with Crippen LogP contribution in [0.1, 0.15) is 0 Å². The molecule has 0 aliphatic rings. The third-order valence-corrected chi connectivity index (χ3v) is 4.30. The fourth-order valence-electron chi connectivity index (χ4n) is 1.10.